The Morgan fingerprint density at radius 2 is 2.33 bits per heavy atom. The van der Waals surface area contributed by atoms with Gasteiger partial charge in [-0.25, -0.2) is 0 Å². The normalized spacial score (nSPS) is 27.9. The van der Waals surface area contributed by atoms with Gasteiger partial charge in [0, 0.05) is 22.9 Å². The third-order valence-electron chi connectivity index (χ3n) is 3.00. The van der Waals surface area contributed by atoms with E-state index in [1.54, 1.807) is 6.20 Å². The average molecular weight is 270 g/mol. The van der Waals surface area contributed by atoms with Crippen molar-refractivity contribution in [2.45, 2.75) is 24.9 Å². The van der Waals surface area contributed by atoms with Gasteiger partial charge < -0.3 is 5.73 Å². The summed E-state index contributed by atoms with van der Waals surface area (Å²) < 4.78 is 1.02. The molecule has 1 aliphatic heterocycles. The number of nitrogens with zero attached hydrogens (tertiary/aromatic N) is 2. The second-order valence-electron chi connectivity index (χ2n) is 4.17. The summed E-state index contributed by atoms with van der Waals surface area (Å²) in [6, 6.07) is 2.64. The largest absolute Gasteiger partial charge is 0.326 e. The van der Waals surface area contributed by atoms with Gasteiger partial charge in [-0.3, -0.25) is 9.88 Å². The third-order valence-corrected chi connectivity index (χ3v) is 3.43. The minimum atomic E-state index is 0.222. The van der Waals surface area contributed by atoms with Gasteiger partial charge in [0.2, 0.25) is 0 Å². The highest BCUT2D eigenvalue weighted by molar-refractivity contribution is 9.10. The molecule has 2 rings (SSSR count). The zero-order chi connectivity index (χ0) is 10.8. The molecule has 82 valence electrons. The van der Waals surface area contributed by atoms with Crippen LogP contribution in [0.4, 0.5) is 0 Å². The molecule has 2 N–H and O–H groups in total. The Kier molecular flexibility index (Phi) is 3.38. The Morgan fingerprint density at radius 1 is 1.53 bits per heavy atom. The van der Waals surface area contributed by atoms with Gasteiger partial charge in [-0.1, -0.05) is 0 Å². The standard InChI is InChI=1S/C11H16BrN3/c1-15-4-2-3-10(13)11(15)8-5-9(12)7-14-6-8/h5-7,10-11H,2-4,13H2,1H3. The summed E-state index contributed by atoms with van der Waals surface area (Å²) in [7, 11) is 2.13. The minimum Gasteiger partial charge on any atom is -0.326 e. The average Bonchev–Trinajstić information content (AvgIpc) is 2.17. The molecule has 0 bridgehead atoms. The summed E-state index contributed by atoms with van der Waals surface area (Å²) in [5.41, 5.74) is 7.37. The lowest BCUT2D eigenvalue weighted by Crippen LogP contribution is -2.43. The molecular formula is C11H16BrN3. The van der Waals surface area contributed by atoms with Crippen LogP contribution in [-0.2, 0) is 0 Å². The molecule has 15 heavy (non-hydrogen) atoms. The van der Waals surface area contributed by atoms with Gasteiger partial charge >= 0.3 is 0 Å². The monoisotopic (exact) mass is 269 g/mol. The maximum absolute atomic E-state index is 6.17. The molecule has 0 amide bonds. The van der Waals surface area contributed by atoms with E-state index in [2.05, 4.69) is 38.9 Å². The fourth-order valence-electron chi connectivity index (χ4n) is 2.29. The zero-order valence-electron chi connectivity index (χ0n) is 8.86. The van der Waals surface area contributed by atoms with E-state index >= 15 is 0 Å². The molecule has 1 aromatic rings. The van der Waals surface area contributed by atoms with Crippen LogP contribution in [0.15, 0.2) is 22.9 Å². The van der Waals surface area contributed by atoms with Gasteiger partial charge in [-0.15, -0.1) is 0 Å². The fourth-order valence-corrected chi connectivity index (χ4v) is 2.67. The van der Waals surface area contributed by atoms with E-state index in [4.69, 9.17) is 5.73 Å². The van der Waals surface area contributed by atoms with E-state index in [-0.39, 0.29) is 6.04 Å². The van der Waals surface area contributed by atoms with Crippen molar-refractivity contribution in [3.63, 3.8) is 0 Å². The highest BCUT2D eigenvalue weighted by Crippen LogP contribution is 2.29. The van der Waals surface area contributed by atoms with Gasteiger partial charge in [-0.2, -0.15) is 0 Å². The van der Waals surface area contributed by atoms with Crippen molar-refractivity contribution in [2.24, 2.45) is 5.73 Å². The second kappa shape index (κ2) is 4.60. The molecule has 2 atom stereocenters. The molecule has 0 spiro atoms. The van der Waals surface area contributed by atoms with Crippen LogP contribution in [0.2, 0.25) is 0 Å². The van der Waals surface area contributed by atoms with Crippen LogP contribution in [0.3, 0.4) is 0 Å². The summed E-state index contributed by atoms with van der Waals surface area (Å²) in [5, 5.41) is 0. The van der Waals surface area contributed by atoms with Crippen molar-refractivity contribution in [3.05, 3.63) is 28.5 Å². The van der Waals surface area contributed by atoms with Crippen LogP contribution in [0, 0.1) is 0 Å². The smallest absolute Gasteiger partial charge is 0.0512 e. The molecule has 0 radical (unpaired) electrons. The zero-order valence-corrected chi connectivity index (χ0v) is 10.4. The number of aromatic nitrogens is 1. The van der Waals surface area contributed by atoms with E-state index < -0.39 is 0 Å². The Balaban J connectivity index is 2.27. The van der Waals surface area contributed by atoms with Crippen molar-refractivity contribution in [2.75, 3.05) is 13.6 Å². The Hall–Kier alpha value is -0.450. The highest BCUT2D eigenvalue weighted by atomic mass is 79.9. The second-order valence-corrected chi connectivity index (χ2v) is 5.08. The number of piperidine rings is 1. The van der Waals surface area contributed by atoms with Crippen LogP contribution in [0.1, 0.15) is 24.4 Å². The summed E-state index contributed by atoms with van der Waals surface area (Å²) in [6.07, 6.45) is 6.01. The molecule has 2 heterocycles. The van der Waals surface area contributed by atoms with Crippen molar-refractivity contribution in [1.29, 1.82) is 0 Å². The lowest BCUT2D eigenvalue weighted by atomic mass is 9.92. The van der Waals surface area contributed by atoms with E-state index in [0.29, 0.717) is 6.04 Å². The van der Waals surface area contributed by atoms with Crippen molar-refractivity contribution < 1.29 is 0 Å². The highest BCUT2D eigenvalue weighted by Gasteiger charge is 2.27. The van der Waals surface area contributed by atoms with Gasteiger partial charge in [0.1, 0.15) is 0 Å². The van der Waals surface area contributed by atoms with E-state index in [9.17, 15) is 0 Å². The molecule has 0 aromatic carbocycles. The number of rotatable bonds is 1. The molecule has 3 nitrogen and oxygen atoms in total. The van der Waals surface area contributed by atoms with Crippen LogP contribution in [0.5, 0.6) is 0 Å². The summed E-state index contributed by atoms with van der Waals surface area (Å²) in [6.45, 7) is 1.12. The summed E-state index contributed by atoms with van der Waals surface area (Å²) in [4.78, 5) is 6.52. The van der Waals surface area contributed by atoms with Crippen molar-refractivity contribution in [3.8, 4) is 0 Å². The predicted molar refractivity (Wildman–Crippen MR) is 64.5 cm³/mol. The number of likely N-dealkylation sites (N-methyl/N-ethyl adjacent to an activating group) is 1. The number of likely N-dealkylation sites (tertiary alicyclic amines) is 1. The number of hydrogen-bond donors (Lipinski definition) is 1. The fraction of sp³-hybridized carbons (Fsp3) is 0.545. The molecule has 0 aliphatic carbocycles. The third kappa shape index (κ3) is 2.38. The first kappa shape index (κ1) is 11.0. The van der Waals surface area contributed by atoms with Crippen LogP contribution >= 0.6 is 15.9 Å². The van der Waals surface area contributed by atoms with Crippen LogP contribution in [-0.4, -0.2) is 29.5 Å². The topological polar surface area (TPSA) is 42.1 Å². The lowest BCUT2D eigenvalue weighted by Gasteiger charge is -2.37. The van der Waals surface area contributed by atoms with Gasteiger partial charge in [0.15, 0.2) is 0 Å². The van der Waals surface area contributed by atoms with E-state index in [1.807, 2.05) is 6.20 Å². The molecular weight excluding hydrogens is 254 g/mol. The maximum atomic E-state index is 6.17. The Morgan fingerprint density at radius 3 is 3.00 bits per heavy atom. The first-order valence-corrected chi connectivity index (χ1v) is 6.04. The predicted octanol–water partition coefficient (Wildman–Crippen LogP) is 1.94. The molecule has 0 saturated carbocycles. The molecule has 1 aromatic heterocycles. The van der Waals surface area contributed by atoms with E-state index in [0.717, 1.165) is 17.4 Å². The molecule has 4 heteroatoms. The van der Waals surface area contributed by atoms with Gasteiger partial charge in [0.05, 0.1) is 6.04 Å². The molecule has 2 unspecified atom stereocenters. The number of pyridine rings is 1. The SMILES string of the molecule is CN1CCCC(N)C1c1cncc(Br)c1. The van der Waals surface area contributed by atoms with Crippen molar-refractivity contribution >= 4 is 15.9 Å². The van der Waals surface area contributed by atoms with Crippen LogP contribution < -0.4 is 5.73 Å². The van der Waals surface area contributed by atoms with Crippen LogP contribution in [0.25, 0.3) is 0 Å². The Bertz CT molecular complexity index is 332. The quantitative estimate of drug-likeness (QED) is 0.848. The lowest BCUT2D eigenvalue weighted by molar-refractivity contribution is 0.162. The Labute approximate surface area is 98.8 Å². The number of nitrogens with two attached hydrogens (primary N) is 1. The number of halogens is 1. The van der Waals surface area contributed by atoms with Gasteiger partial charge in [0.25, 0.3) is 0 Å². The molecule has 1 saturated heterocycles. The van der Waals surface area contributed by atoms with E-state index in [1.165, 1.54) is 12.0 Å². The van der Waals surface area contributed by atoms with Crippen molar-refractivity contribution in [1.82, 2.24) is 9.88 Å². The number of hydrogen-bond acceptors (Lipinski definition) is 3. The molecule has 1 aliphatic rings. The van der Waals surface area contributed by atoms with Gasteiger partial charge in [-0.05, 0) is 54.0 Å². The minimum absolute atomic E-state index is 0.222. The maximum Gasteiger partial charge on any atom is 0.0512 e. The summed E-state index contributed by atoms with van der Waals surface area (Å²) in [5.74, 6) is 0. The molecule has 1 fully saturated rings. The first-order chi connectivity index (χ1) is 7.18. The first-order valence-electron chi connectivity index (χ1n) is 5.25. The summed E-state index contributed by atoms with van der Waals surface area (Å²) >= 11 is 3.45.